The number of benzene rings is 2. The molecule has 0 saturated carbocycles. The van der Waals surface area contributed by atoms with E-state index < -0.39 is 0 Å². The normalized spacial score (nSPS) is 10.5. The van der Waals surface area contributed by atoms with Crippen molar-refractivity contribution in [2.24, 2.45) is 0 Å². The van der Waals surface area contributed by atoms with Gasteiger partial charge in [0.1, 0.15) is 11.6 Å². The summed E-state index contributed by atoms with van der Waals surface area (Å²) in [7, 11) is 3.28. The highest BCUT2D eigenvalue weighted by Crippen LogP contribution is 2.29. The van der Waals surface area contributed by atoms with E-state index in [0.29, 0.717) is 29.1 Å². The first-order valence-corrected chi connectivity index (χ1v) is 9.35. The number of halogens is 1. The van der Waals surface area contributed by atoms with Gasteiger partial charge in [-0.15, -0.1) is 0 Å². The molecule has 0 aliphatic rings. The Labute approximate surface area is 169 Å². The Morgan fingerprint density at radius 3 is 2.54 bits per heavy atom. The first-order valence-electron chi connectivity index (χ1n) is 8.97. The number of anilines is 3. The van der Waals surface area contributed by atoms with Crippen LogP contribution in [0.3, 0.4) is 0 Å². The minimum Gasteiger partial charge on any atom is -0.495 e. The highest BCUT2D eigenvalue weighted by molar-refractivity contribution is 6.32. The monoisotopic (exact) mass is 398 g/mol. The van der Waals surface area contributed by atoms with Crippen LogP contribution >= 0.6 is 11.6 Å². The molecule has 146 valence electrons. The van der Waals surface area contributed by atoms with Crippen LogP contribution in [0.15, 0.2) is 54.6 Å². The van der Waals surface area contributed by atoms with Gasteiger partial charge in [-0.1, -0.05) is 41.9 Å². The second-order valence-corrected chi connectivity index (χ2v) is 6.48. The lowest BCUT2D eigenvalue weighted by atomic mass is 10.1. The highest BCUT2D eigenvalue weighted by atomic mass is 35.5. The van der Waals surface area contributed by atoms with Crippen molar-refractivity contribution >= 4 is 29.1 Å². The van der Waals surface area contributed by atoms with Crippen LogP contribution in [0.4, 0.5) is 17.5 Å². The van der Waals surface area contributed by atoms with Gasteiger partial charge in [0.15, 0.2) is 0 Å². The zero-order chi connectivity index (χ0) is 19.8. The number of hydrogen-bond donors (Lipinski definition) is 2. The number of aromatic nitrogens is 2. The van der Waals surface area contributed by atoms with E-state index in [-0.39, 0.29) is 0 Å². The molecule has 0 amide bonds. The number of nitrogens with one attached hydrogen (secondary N) is 2. The fourth-order valence-electron chi connectivity index (χ4n) is 2.66. The van der Waals surface area contributed by atoms with Gasteiger partial charge >= 0.3 is 0 Å². The number of methoxy groups -OCH3 is 2. The fourth-order valence-corrected chi connectivity index (χ4v) is 2.91. The van der Waals surface area contributed by atoms with Gasteiger partial charge in [0.05, 0.1) is 17.8 Å². The van der Waals surface area contributed by atoms with Crippen LogP contribution in [0.5, 0.6) is 5.75 Å². The highest BCUT2D eigenvalue weighted by Gasteiger charge is 2.08. The Morgan fingerprint density at radius 1 is 1.00 bits per heavy atom. The number of hydrogen-bond acceptors (Lipinski definition) is 6. The number of ether oxygens (including phenoxy) is 2. The van der Waals surface area contributed by atoms with Crippen molar-refractivity contribution in [2.75, 3.05) is 38.0 Å². The molecule has 0 aliphatic carbocycles. The molecule has 28 heavy (non-hydrogen) atoms. The van der Waals surface area contributed by atoms with Gasteiger partial charge in [-0.05, 0) is 24.6 Å². The van der Waals surface area contributed by atoms with Gasteiger partial charge in [0.25, 0.3) is 0 Å². The third-order valence-electron chi connectivity index (χ3n) is 4.03. The van der Waals surface area contributed by atoms with Gasteiger partial charge in [0.2, 0.25) is 5.95 Å². The Morgan fingerprint density at radius 2 is 1.82 bits per heavy atom. The van der Waals surface area contributed by atoms with Crippen molar-refractivity contribution < 1.29 is 9.47 Å². The van der Waals surface area contributed by atoms with Crippen molar-refractivity contribution in [3.05, 3.63) is 59.6 Å². The van der Waals surface area contributed by atoms with Gasteiger partial charge in [0, 0.05) is 37.6 Å². The molecule has 3 rings (SSSR count). The second kappa shape index (κ2) is 9.92. The first kappa shape index (κ1) is 19.9. The molecule has 3 aromatic rings. The van der Waals surface area contributed by atoms with E-state index in [1.165, 1.54) is 0 Å². The zero-order valence-corrected chi connectivity index (χ0v) is 16.7. The van der Waals surface area contributed by atoms with Crippen molar-refractivity contribution in [2.45, 2.75) is 6.42 Å². The van der Waals surface area contributed by atoms with Crippen molar-refractivity contribution in [3.63, 3.8) is 0 Å². The standard InChI is InChI=1S/C21H23ClN4O2/c1-27-12-6-11-23-21-25-18(15-7-4-3-5-8-15)14-20(26-21)24-16-9-10-19(28-2)17(22)13-16/h3-5,7-10,13-14H,6,11-12H2,1-2H3,(H2,23,24,25,26). The van der Waals surface area contributed by atoms with Crippen LogP contribution < -0.4 is 15.4 Å². The average Bonchev–Trinajstić information content (AvgIpc) is 2.72. The maximum atomic E-state index is 6.23. The summed E-state index contributed by atoms with van der Waals surface area (Å²) >= 11 is 6.23. The van der Waals surface area contributed by atoms with E-state index in [9.17, 15) is 0 Å². The van der Waals surface area contributed by atoms with Crippen molar-refractivity contribution in [3.8, 4) is 17.0 Å². The molecule has 1 aromatic heterocycles. The molecule has 0 aliphatic heterocycles. The topological polar surface area (TPSA) is 68.3 Å². The molecule has 0 bridgehead atoms. The smallest absolute Gasteiger partial charge is 0.225 e. The molecule has 0 saturated heterocycles. The van der Waals surface area contributed by atoms with Crippen LogP contribution in [-0.2, 0) is 4.74 Å². The van der Waals surface area contributed by atoms with E-state index in [1.807, 2.05) is 48.5 Å². The quantitative estimate of drug-likeness (QED) is 0.494. The number of nitrogens with zero attached hydrogens (tertiary/aromatic N) is 2. The molecular formula is C21H23ClN4O2. The lowest BCUT2D eigenvalue weighted by Crippen LogP contribution is -2.09. The molecule has 0 fully saturated rings. The summed E-state index contributed by atoms with van der Waals surface area (Å²) in [6.45, 7) is 1.40. The van der Waals surface area contributed by atoms with E-state index in [1.54, 1.807) is 20.3 Å². The maximum absolute atomic E-state index is 6.23. The van der Waals surface area contributed by atoms with Crippen molar-refractivity contribution in [1.82, 2.24) is 9.97 Å². The molecule has 6 nitrogen and oxygen atoms in total. The summed E-state index contributed by atoms with van der Waals surface area (Å²) in [4.78, 5) is 9.21. The molecule has 0 spiro atoms. The molecule has 0 unspecified atom stereocenters. The third-order valence-corrected chi connectivity index (χ3v) is 4.32. The summed E-state index contributed by atoms with van der Waals surface area (Å²) in [5, 5.41) is 7.08. The average molecular weight is 399 g/mol. The maximum Gasteiger partial charge on any atom is 0.225 e. The third kappa shape index (κ3) is 5.34. The van der Waals surface area contributed by atoms with Crippen LogP contribution in [-0.4, -0.2) is 37.3 Å². The van der Waals surface area contributed by atoms with Gasteiger partial charge < -0.3 is 20.1 Å². The summed E-state index contributed by atoms with van der Waals surface area (Å²) in [6.07, 6.45) is 0.867. The molecule has 0 radical (unpaired) electrons. The second-order valence-electron chi connectivity index (χ2n) is 6.08. The molecule has 2 aromatic carbocycles. The summed E-state index contributed by atoms with van der Waals surface area (Å²) in [5.74, 6) is 1.85. The van der Waals surface area contributed by atoms with Crippen LogP contribution in [0.25, 0.3) is 11.3 Å². The van der Waals surface area contributed by atoms with E-state index in [4.69, 9.17) is 21.1 Å². The minimum atomic E-state index is 0.530. The fraction of sp³-hybridized carbons (Fsp3) is 0.238. The van der Waals surface area contributed by atoms with Crippen molar-refractivity contribution in [1.29, 1.82) is 0 Å². The van der Waals surface area contributed by atoms with Gasteiger partial charge in [-0.2, -0.15) is 4.98 Å². The van der Waals surface area contributed by atoms with Crippen LogP contribution in [0.2, 0.25) is 5.02 Å². The Balaban J connectivity index is 1.87. The predicted molar refractivity (Wildman–Crippen MR) is 114 cm³/mol. The lowest BCUT2D eigenvalue weighted by Gasteiger charge is -2.12. The summed E-state index contributed by atoms with van der Waals surface area (Å²) in [5.41, 5.74) is 2.65. The van der Waals surface area contributed by atoms with Crippen LogP contribution in [0.1, 0.15) is 6.42 Å². The SMILES string of the molecule is COCCCNc1nc(Nc2ccc(OC)c(Cl)c2)cc(-c2ccccc2)n1. The Kier molecular flexibility index (Phi) is 7.06. The Hall–Kier alpha value is -2.83. The molecule has 7 heteroatoms. The Bertz CT molecular complexity index is 906. The zero-order valence-electron chi connectivity index (χ0n) is 15.9. The largest absolute Gasteiger partial charge is 0.495 e. The predicted octanol–water partition coefficient (Wildman–Crippen LogP) is 5.00. The molecular weight excluding hydrogens is 376 g/mol. The first-order chi connectivity index (χ1) is 13.7. The molecule has 2 N–H and O–H groups in total. The summed E-state index contributed by atoms with van der Waals surface area (Å²) < 4.78 is 10.3. The van der Waals surface area contributed by atoms with E-state index in [0.717, 1.165) is 29.9 Å². The van der Waals surface area contributed by atoms with Gasteiger partial charge in [-0.3, -0.25) is 0 Å². The van der Waals surface area contributed by atoms with E-state index in [2.05, 4.69) is 20.6 Å². The minimum absolute atomic E-state index is 0.530. The van der Waals surface area contributed by atoms with Crippen LogP contribution in [0, 0.1) is 0 Å². The lowest BCUT2D eigenvalue weighted by molar-refractivity contribution is 0.197. The molecule has 0 atom stereocenters. The number of rotatable bonds is 9. The van der Waals surface area contributed by atoms with Gasteiger partial charge in [-0.25, -0.2) is 4.98 Å². The van der Waals surface area contributed by atoms with E-state index >= 15 is 0 Å². The summed E-state index contributed by atoms with van der Waals surface area (Å²) in [6, 6.07) is 17.4. The molecule has 1 heterocycles.